The van der Waals surface area contributed by atoms with E-state index in [-0.39, 0.29) is 11.4 Å². The van der Waals surface area contributed by atoms with Gasteiger partial charge in [-0.25, -0.2) is 4.98 Å². The molecule has 236 valence electrons. The van der Waals surface area contributed by atoms with Gasteiger partial charge in [0.1, 0.15) is 16.8 Å². The molecule has 1 aliphatic heterocycles. The number of hydrogen-bond donors (Lipinski definition) is 1. The molecule has 0 bridgehead atoms. The fraction of sp³-hybridized carbons (Fsp3) is 0.484. The van der Waals surface area contributed by atoms with Gasteiger partial charge in [0.15, 0.2) is 5.82 Å². The normalized spacial score (nSPS) is 16.2. The molecule has 44 heavy (non-hydrogen) atoms. The molecule has 1 fully saturated rings. The second kappa shape index (κ2) is 13.0. The number of hydrogen-bond acceptors (Lipinski definition) is 9. The van der Waals surface area contributed by atoms with Crippen LogP contribution >= 0.6 is 19.2 Å². The van der Waals surface area contributed by atoms with Crippen molar-refractivity contribution in [2.24, 2.45) is 0 Å². The van der Waals surface area contributed by atoms with Crippen molar-refractivity contribution >= 4 is 59.5 Å². The molecular weight excluding hydrogens is 602 g/mol. The molecule has 1 saturated heterocycles. The molecular formula is C31H41BClN4O6P. The number of ether oxygens (including phenoxy) is 1. The molecule has 1 aliphatic rings. The van der Waals surface area contributed by atoms with Crippen LogP contribution in [0, 0.1) is 0 Å². The van der Waals surface area contributed by atoms with Crippen molar-refractivity contribution in [2.45, 2.75) is 65.7 Å². The first-order valence-corrected chi connectivity index (χ1v) is 17.1. The van der Waals surface area contributed by atoms with Crippen molar-refractivity contribution in [3.63, 3.8) is 0 Å². The summed E-state index contributed by atoms with van der Waals surface area (Å²) in [7, 11) is -2.03. The highest BCUT2D eigenvalue weighted by molar-refractivity contribution is 7.53. The van der Waals surface area contributed by atoms with Crippen molar-refractivity contribution in [1.82, 2.24) is 14.5 Å². The lowest BCUT2D eigenvalue weighted by Crippen LogP contribution is -2.41. The number of halogens is 1. The molecule has 2 aromatic heterocycles. The fourth-order valence-corrected chi connectivity index (χ4v) is 7.17. The molecule has 0 aliphatic carbocycles. The van der Waals surface area contributed by atoms with Crippen molar-refractivity contribution in [2.75, 3.05) is 38.3 Å². The highest BCUT2D eigenvalue weighted by Crippen LogP contribution is 2.48. The van der Waals surface area contributed by atoms with Crippen LogP contribution in [0.3, 0.4) is 0 Å². The van der Waals surface area contributed by atoms with E-state index < -0.39 is 25.9 Å². The summed E-state index contributed by atoms with van der Waals surface area (Å²) in [4.78, 5) is 9.29. The summed E-state index contributed by atoms with van der Waals surface area (Å²) in [5.41, 5.74) is 3.53. The van der Waals surface area contributed by atoms with Crippen molar-refractivity contribution < 1.29 is 27.7 Å². The van der Waals surface area contributed by atoms with Crippen LogP contribution in [-0.2, 0) is 29.5 Å². The maximum atomic E-state index is 13.0. The van der Waals surface area contributed by atoms with Gasteiger partial charge in [-0.05, 0) is 88.8 Å². The summed E-state index contributed by atoms with van der Waals surface area (Å²) < 4.78 is 44.2. The van der Waals surface area contributed by atoms with Gasteiger partial charge in [-0.1, -0.05) is 24.3 Å². The van der Waals surface area contributed by atoms with E-state index >= 15 is 0 Å². The molecule has 10 nitrogen and oxygen atoms in total. The minimum atomic E-state index is -3.16. The fourth-order valence-electron chi connectivity index (χ4n) is 5.34. The maximum Gasteiger partial charge on any atom is 0.494 e. The van der Waals surface area contributed by atoms with Gasteiger partial charge in [0, 0.05) is 18.5 Å². The first-order valence-electron chi connectivity index (χ1n) is 15.0. The maximum absolute atomic E-state index is 13.0. The van der Waals surface area contributed by atoms with Gasteiger partial charge in [-0.2, -0.15) is 4.98 Å². The largest absolute Gasteiger partial charge is 0.497 e. The number of nitrogens with one attached hydrogen (secondary N) is 1. The lowest BCUT2D eigenvalue weighted by atomic mass is 9.78. The molecule has 0 unspecified atom stereocenters. The monoisotopic (exact) mass is 642 g/mol. The number of rotatable bonds is 13. The van der Waals surface area contributed by atoms with Gasteiger partial charge in [-0.15, -0.1) is 0 Å². The molecule has 13 heteroatoms. The quantitative estimate of drug-likeness (QED) is 0.0741. The first-order chi connectivity index (χ1) is 20.9. The lowest BCUT2D eigenvalue weighted by Gasteiger charge is -2.32. The van der Waals surface area contributed by atoms with Crippen LogP contribution in [0.2, 0.25) is 5.28 Å². The zero-order valence-electron chi connectivity index (χ0n) is 26.5. The third kappa shape index (κ3) is 6.64. The molecule has 0 radical (unpaired) electrons. The number of fused-ring (bicyclic) bond motifs is 3. The van der Waals surface area contributed by atoms with Crippen molar-refractivity contribution in [3.05, 3.63) is 53.3 Å². The summed E-state index contributed by atoms with van der Waals surface area (Å²) in [6.07, 6.45) is 0.834. The van der Waals surface area contributed by atoms with Gasteiger partial charge >= 0.3 is 14.7 Å². The predicted octanol–water partition coefficient (Wildman–Crippen LogP) is 6.66. The zero-order valence-corrected chi connectivity index (χ0v) is 28.1. The van der Waals surface area contributed by atoms with E-state index in [1.54, 1.807) is 7.11 Å². The van der Waals surface area contributed by atoms with E-state index in [2.05, 4.69) is 27.0 Å². The Kier molecular flexibility index (Phi) is 9.66. The van der Waals surface area contributed by atoms with Crippen LogP contribution in [0.15, 0.2) is 42.5 Å². The molecule has 1 N–H and O–H groups in total. The SMILES string of the molecule is CCOP(=O)(CCCNc1nc(Cl)nc2c3cc(B4OC(C)(C)C(C)(C)O4)ccc3n(Cc3ccc(OC)cc3)c12)OCC. The van der Waals surface area contributed by atoms with Crippen LogP contribution in [-0.4, -0.2) is 65.9 Å². The highest BCUT2D eigenvalue weighted by atomic mass is 35.5. The van der Waals surface area contributed by atoms with Crippen molar-refractivity contribution in [1.29, 1.82) is 0 Å². The van der Waals surface area contributed by atoms with Crippen LogP contribution in [0.5, 0.6) is 5.75 Å². The standard InChI is InChI=1S/C31H41BClN4O6P/c1-8-40-44(38,41-9-2)18-10-17-34-28-27-26(35-29(33)36-28)24-19-22(32-42-30(3,4)31(5,6)43-32)13-16-25(24)37(27)20-21-11-14-23(39-7)15-12-21/h11-16,19H,8-10,17-18,20H2,1-7H3,(H,34,35,36). The Hall–Kier alpha value is -2.66. The van der Waals surface area contributed by atoms with Gasteiger partial charge in [0.2, 0.25) is 5.28 Å². The molecule has 0 amide bonds. The summed E-state index contributed by atoms with van der Waals surface area (Å²) >= 11 is 6.52. The Morgan fingerprint density at radius 3 is 2.27 bits per heavy atom. The number of aromatic nitrogens is 3. The summed E-state index contributed by atoms with van der Waals surface area (Å²) in [5, 5.41) is 4.46. The van der Waals surface area contributed by atoms with Crippen LogP contribution in [0.25, 0.3) is 21.9 Å². The highest BCUT2D eigenvalue weighted by Gasteiger charge is 2.51. The minimum Gasteiger partial charge on any atom is -0.497 e. The predicted molar refractivity (Wildman–Crippen MR) is 177 cm³/mol. The minimum absolute atomic E-state index is 0.124. The smallest absolute Gasteiger partial charge is 0.494 e. The lowest BCUT2D eigenvalue weighted by molar-refractivity contribution is 0.00578. The van der Waals surface area contributed by atoms with Gasteiger partial charge < -0.3 is 33.0 Å². The van der Waals surface area contributed by atoms with E-state index in [0.29, 0.717) is 44.1 Å². The van der Waals surface area contributed by atoms with Gasteiger partial charge in [0.05, 0.1) is 43.2 Å². The molecule has 4 aromatic rings. The van der Waals surface area contributed by atoms with Crippen LogP contribution < -0.4 is 15.5 Å². The third-order valence-corrected chi connectivity index (χ3v) is 10.6. The Labute approximate surface area is 264 Å². The Bertz CT molecular complexity index is 1650. The number of nitrogens with zero attached hydrogens (tertiary/aromatic N) is 3. The number of benzene rings is 2. The van der Waals surface area contributed by atoms with E-state index in [1.807, 2.05) is 71.9 Å². The topological polar surface area (TPSA) is 106 Å². The molecule has 0 spiro atoms. The third-order valence-electron chi connectivity index (χ3n) is 8.27. The van der Waals surface area contributed by atoms with E-state index in [1.165, 1.54) is 0 Å². The van der Waals surface area contributed by atoms with Crippen molar-refractivity contribution in [3.8, 4) is 5.75 Å². The Morgan fingerprint density at radius 2 is 1.66 bits per heavy atom. The Morgan fingerprint density at radius 1 is 1.00 bits per heavy atom. The zero-order chi connectivity index (χ0) is 31.7. The van der Waals surface area contributed by atoms with Gasteiger partial charge in [0.25, 0.3) is 0 Å². The second-order valence-electron chi connectivity index (χ2n) is 11.8. The van der Waals surface area contributed by atoms with Crippen LogP contribution in [0.4, 0.5) is 5.82 Å². The number of anilines is 1. The van der Waals surface area contributed by atoms with Crippen LogP contribution in [0.1, 0.15) is 53.5 Å². The van der Waals surface area contributed by atoms with Gasteiger partial charge in [-0.3, -0.25) is 4.57 Å². The summed E-state index contributed by atoms with van der Waals surface area (Å²) in [6, 6.07) is 14.1. The molecule has 2 aromatic carbocycles. The second-order valence-corrected chi connectivity index (χ2v) is 14.3. The molecule has 3 heterocycles. The Balaban J connectivity index is 1.55. The van der Waals surface area contributed by atoms with E-state index in [4.69, 9.17) is 39.7 Å². The summed E-state index contributed by atoms with van der Waals surface area (Å²) in [5.74, 6) is 1.38. The van der Waals surface area contributed by atoms with E-state index in [0.717, 1.165) is 33.2 Å². The summed E-state index contributed by atoms with van der Waals surface area (Å²) in [6.45, 7) is 13.5. The average molecular weight is 643 g/mol. The number of methoxy groups -OCH3 is 1. The van der Waals surface area contributed by atoms with E-state index in [9.17, 15) is 4.57 Å². The molecule has 0 saturated carbocycles. The molecule has 0 atom stereocenters. The molecule has 5 rings (SSSR count). The first kappa shape index (κ1) is 32.7. The average Bonchev–Trinajstić information content (AvgIpc) is 3.39.